The molecule has 0 unspecified atom stereocenters. The number of nitrogens with one attached hydrogen (secondary N) is 1. The molecule has 4 aromatic rings. The van der Waals surface area contributed by atoms with Crippen molar-refractivity contribution >= 4 is 16.9 Å². The van der Waals surface area contributed by atoms with Crippen molar-refractivity contribution in [2.24, 2.45) is 7.05 Å². The summed E-state index contributed by atoms with van der Waals surface area (Å²) < 4.78 is 3.53. The molecule has 0 aliphatic rings. The predicted molar refractivity (Wildman–Crippen MR) is 92.6 cm³/mol. The molecule has 0 saturated heterocycles. The van der Waals surface area contributed by atoms with Crippen molar-refractivity contribution in [2.45, 2.75) is 19.5 Å². The Bertz CT molecular complexity index is 976. The molecule has 4 aromatic heterocycles. The monoisotopic (exact) mass is 335 g/mol. The van der Waals surface area contributed by atoms with E-state index < -0.39 is 0 Å². The lowest BCUT2D eigenvalue weighted by Gasteiger charge is -2.15. The van der Waals surface area contributed by atoms with Crippen LogP contribution in [0.5, 0.6) is 0 Å². The van der Waals surface area contributed by atoms with Gasteiger partial charge in [0.25, 0.3) is 0 Å². The smallest absolute Gasteiger partial charge is 0.164 e. The van der Waals surface area contributed by atoms with Gasteiger partial charge in [0.15, 0.2) is 11.5 Å². The van der Waals surface area contributed by atoms with E-state index in [4.69, 9.17) is 4.98 Å². The number of rotatable bonds is 5. The van der Waals surface area contributed by atoms with Crippen LogP contribution in [0.2, 0.25) is 0 Å². The normalized spacial score (nSPS) is 12.4. The minimum absolute atomic E-state index is 0.102. The van der Waals surface area contributed by atoms with E-state index in [0.717, 1.165) is 22.4 Å². The Kier molecular flexibility index (Phi) is 3.81. The van der Waals surface area contributed by atoms with E-state index >= 15 is 0 Å². The molecular weight excluding hydrogens is 318 g/mol. The molecule has 0 fully saturated rings. The number of nitrogens with zero attached hydrogens (tertiary/aromatic N) is 8. The van der Waals surface area contributed by atoms with Crippen LogP contribution in [-0.2, 0) is 13.6 Å². The van der Waals surface area contributed by atoms with Crippen molar-refractivity contribution in [1.29, 1.82) is 0 Å². The van der Waals surface area contributed by atoms with Crippen molar-refractivity contribution in [2.75, 3.05) is 5.32 Å². The Morgan fingerprint density at radius 2 is 1.96 bits per heavy atom. The van der Waals surface area contributed by atoms with Crippen LogP contribution in [0.3, 0.4) is 0 Å². The summed E-state index contributed by atoms with van der Waals surface area (Å²) in [6, 6.07) is 3.88. The van der Waals surface area contributed by atoms with Crippen molar-refractivity contribution < 1.29 is 0 Å². The van der Waals surface area contributed by atoms with Gasteiger partial charge < -0.3 is 5.32 Å². The standard InChI is InChI=1S/C16H17N9/c1-11(8-25-10-18-9-20-25)21-15-13-7-19-24(2)16(13)23-14(22-15)12-3-5-17-6-4-12/h3-7,9-11H,8H2,1-2H3,(H,21,22,23)/t11-/m0/s1. The first-order valence-electron chi connectivity index (χ1n) is 7.90. The largest absolute Gasteiger partial charge is 0.365 e. The van der Waals surface area contributed by atoms with Crippen LogP contribution < -0.4 is 5.32 Å². The summed E-state index contributed by atoms with van der Waals surface area (Å²) in [4.78, 5) is 17.4. The van der Waals surface area contributed by atoms with Crippen LogP contribution in [0, 0.1) is 0 Å². The number of pyridine rings is 1. The van der Waals surface area contributed by atoms with Crippen LogP contribution in [0.4, 0.5) is 5.82 Å². The van der Waals surface area contributed by atoms with Gasteiger partial charge in [-0.2, -0.15) is 10.2 Å². The molecule has 0 aliphatic carbocycles. The van der Waals surface area contributed by atoms with Gasteiger partial charge in [-0.3, -0.25) is 14.3 Å². The maximum Gasteiger partial charge on any atom is 0.164 e. The molecule has 9 heteroatoms. The summed E-state index contributed by atoms with van der Waals surface area (Å²) >= 11 is 0. The van der Waals surface area contributed by atoms with Gasteiger partial charge in [-0.15, -0.1) is 0 Å². The molecule has 25 heavy (non-hydrogen) atoms. The number of anilines is 1. The first-order chi connectivity index (χ1) is 12.2. The highest BCUT2D eigenvalue weighted by Gasteiger charge is 2.15. The van der Waals surface area contributed by atoms with Gasteiger partial charge in [0.05, 0.1) is 18.1 Å². The molecule has 0 amide bonds. The van der Waals surface area contributed by atoms with Gasteiger partial charge in [0.2, 0.25) is 0 Å². The van der Waals surface area contributed by atoms with E-state index in [-0.39, 0.29) is 6.04 Å². The minimum Gasteiger partial charge on any atom is -0.365 e. The molecule has 1 atom stereocenters. The Balaban J connectivity index is 1.71. The maximum absolute atomic E-state index is 4.71. The van der Waals surface area contributed by atoms with Crippen LogP contribution in [0.25, 0.3) is 22.4 Å². The highest BCUT2D eigenvalue weighted by molar-refractivity contribution is 5.88. The molecular formula is C16H17N9. The second-order valence-electron chi connectivity index (χ2n) is 5.80. The van der Waals surface area contributed by atoms with E-state index in [0.29, 0.717) is 12.4 Å². The van der Waals surface area contributed by atoms with E-state index in [1.807, 2.05) is 19.2 Å². The van der Waals surface area contributed by atoms with Crippen LogP contribution >= 0.6 is 0 Å². The molecule has 0 saturated carbocycles. The molecule has 9 nitrogen and oxygen atoms in total. The second-order valence-corrected chi connectivity index (χ2v) is 5.80. The van der Waals surface area contributed by atoms with Crippen molar-refractivity contribution in [3.63, 3.8) is 0 Å². The van der Waals surface area contributed by atoms with Crippen molar-refractivity contribution in [3.05, 3.63) is 43.4 Å². The summed E-state index contributed by atoms with van der Waals surface area (Å²) in [6.45, 7) is 2.74. The average molecular weight is 335 g/mol. The fourth-order valence-corrected chi connectivity index (χ4v) is 2.65. The molecule has 0 radical (unpaired) electrons. The number of aryl methyl sites for hydroxylation is 1. The highest BCUT2D eigenvalue weighted by atomic mass is 15.3. The van der Waals surface area contributed by atoms with Crippen molar-refractivity contribution in [3.8, 4) is 11.4 Å². The number of hydrogen-bond donors (Lipinski definition) is 1. The fourth-order valence-electron chi connectivity index (χ4n) is 2.65. The van der Waals surface area contributed by atoms with Gasteiger partial charge in [-0.1, -0.05) is 0 Å². The van der Waals surface area contributed by atoms with Gasteiger partial charge in [0, 0.05) is 31.0 Å². The lowest BCUT2D eigenvalue weighted by atomic mass is 10.2. The number of aromatic nitrogens is 8. The lowest BCUT2D eigenvalue weighted by Crippen LogP contribution is -2.23. The summed E-state index contributed by atoms with van der Waals surface area (Å²) in [6.07, 6.45) is 8.45. The third-order valence-corrected chi connectivity index (χ3v) is 3.84. The maximum atomic E-state index is 4.71. The molecule has 0 aromatic carbocycles. The van der Waals surface area contributed by atoms with E-state index in [2.05, 4.69) is 37.4 Å². The summed E-state index contributed by atoms with van der Waals surface area (Å²) in [5.74, 6) is 1.38. The molecule has 4 rings (SSSR count). The summed E-state index contributed by atoms with van der Waals surface area (Å²) in [5.41, 5.74) is 1.68. The first kappa shape index (κ1) is 15.2. The SMILES string of the molecule is C[C@@H](Cn1cncn1)Nc1nc(-c2ccncc2)nc2c1cnn2C. The quantitative estimate of drug-likeness (QED) is 0.590. The molecule has 4 heterocycles. The Labute approximate surface area is 143 Å². The van der Waals surface area contributed by atoms with E-state index in [1.165, 1.54) is 6.33 Å². The zero-order chi connectivity index (χ0) is 17.2. The van der Waals surface area contributed by atoms with Crippen LogP contribution in [0.1, 0.15) is 6.92 Å². The molecule has 126 valence electrons. The predicted octanol–water partition coefficient (Wildman–Crippen LogP) is 1.52. The highest BCUT2D eigenvalue weighted by Crippen LogP contribution is 2.24. The molecule has 0 bridgehead atoms. The van der Waals surface area contributed by atoms with E-state index in [9.17, 15) is 0 Å². The van der Waals surface area contributed by atoms with Gasteiger partial charge in [-0.05, 0) is 19.1 Å². The van der Waals surface area contributed by atoms with Gasteiger partial charge in [0.1, 0.15) is 18.5 Å². The topological polar surface area (TPSA) is 99.2 Å². The summed E-state index contributed by atoms with van der Waals surface area (Å²) in [7, 11) is 1.87. The van der Waals surface area contributed by atoms with E-state index in [1.54, 1.807) is 34.3 Å². The third-order valence-electron chi connectivity index (χ3n) is 3.84. The Morgan fingerprint density at radius 1 is 1.12 bits per heavy atom. The molecule has 0 spiro atoms. The van der Waals surface area contributed by atoms with Gasteiger partial charge in [-0.25, -0.2) is 15.0 Å². The lowest BCUT2D eigenvalue weighted by molar-refractivity contribution is 0.558. The zero-order valence-corrected chi connectivity index (χ0v) is 13.9. The Morgan fingerprint density at radius 3 is 2.72 bits per heavy atom. The minimum atomic E-state index is 0.102. The fraction of sp³-hybridized carbons (Fsp3) is 0.250. The van der Waals surface area contributed by atoms with Crippen LogP contribution in [-0.4, -0.2) is 45.5 Å². The zero-order valence-electron chi connectivity index (χ0n) is 13.9. The van der Waals surface area contributed by atoms with Crippen molar-refractivity contribution in [1.82, 2.24) is 39.5 Å². The third kappa shape index (κ3) is 3.03. The Hall–Kier alpha value is -3.36. The summed E-state index contributed by atoms with van der Waals surface area (Å²) in [5, 5.41) is 12.8. The number of hydrogen-bond acceptors (Lipinski definition) is 7. The van der Waals surface area contributed by atoms with Crippen LogP contribution in [0.15, 0.2) is 43.4 Å². The number of fused-ring (bicyclic) bond motifs is 1. The van der Waals surface area contributed by atoms with Gasteiger partial charge >= 0.3 is 0 Å². The molecule has 1 N–H and O–H groups in total. The second kappa shape index (κ2) is 6.27. The average Bonchev–Trinajstić information content (AvgIpc) is 3.26. The molecule has 0 aliphatic heterocycles. The first-order valence-corrected chi connectivity index (χ1v) is 7.90.